The molecule has 5 aliphatic rings. The molecule has 3 saturated heterocycles. The van der Waals surface area contributed by atoms with E-state index in [0.29, 0.717) is 52.7 Å². The van der Waals surface area contributed by atoms with E-state index in [9.17, 15) is 15.3 Å². The zero-order valence-electron chi connectivity index (χ0n) is 32.4. The molecular formula is C43H53F2N5O6. The zero-order chi connectivity index (χ0) is 38.8. The van der Waals surface area contributed by atoms with Gasteiger partial charge in [-0.15, -0.1) is 0 Å². The van der Waals surface area contributed by atoms with Crippen molar-refractivity contribution in [3.8, 4) is 23.0 Å². The van der Waals surface area contributed by atoms with Crippen LogP contribution in [0.2, 0.25) is 0 Å². The van der Waals surface area contributed by atoms with Crippen molar-refractivity contribution in [2.75, 3.05) is 57.6 Å². The monoisotopic (exact) mass is 773 g/mol. The Balaban J connectivity index is 1.11. The summed E-state index contributed by atoms with van der Waals surface area (Å²) in [5.74, 6) is -0.990. The number of pyridine rings is 1. The van der Waals surface area contributed by atoms with E-state index < -0.39 is 23.3 Å². The summed E-state index contributed by atoms with van der Waals surface area (Å²) in [7, 11) is 0. The van der Waals surface area contributed by atoms with Crippen LogP contribution in [0.15, 0.2) is 30.5 Å². The highest BCUT2D eigenvalue weighted by Gasteiger charge is 2.55. The Bertz CT molecular complexity index is 2120. The summed E-state index contributed by atoms with van der Waals surface area (Å²) < 4.78 is 50.6. The Morgan fingerprint density at radius 2 is 1.86 bits per heavy atom. The Morgan fingerprint density at radius 1 is 1.05 bits per heavy atom. The summed E-state index contributed by atoms with van der Waals surface area (Å²) in [6.07, 6.45) is 11.4. The number of nitrogens with zero attached hydrogens (tertiary/aromatic N) is 5. The van der Waals surface area contributed by atoms with Crippen molar-refractivity contribution in [1.29, 1.82) is 0 Å². The SMILES string of the molecule is CCc1c(F)ccc2cc(O)cc(-c3ncc4c(N5CC(CO)OCC(C)(O)C5)nc(OCC56CCCC5N(C5CC7(CCOCC7)C5)CCC6)nc4c3F)c12. The number of anilines is 1. The molecule has 9 rings (SSSR count). The van der Waals surface area contributed by atoms with Gasteiger partial charge in [0.25, 0.3) is 0 Å². The number of benzene rings is 2. The maximum atomic E-state index is 17.3. The fourth-order valence-corrected chi connectivity index (χ4v) is 10.9. The number of aliphatic hydroxyl groups is 2. The van der Waals surface area contributed by atoms with E-state index in [1.54, 1.807) is 17.9 Å². The number of piperidine rings is 1. The minimum atomic E-state index is -1.30. The van der Waals surface area contributed by atoms with Gasteiger partial charge in [-0.1, -0.05) is 19.4 Å². The number of aliphatic hydroxyl groups excluding tert-OH is 1. The third-order valence-electron chi connectivity index (χ3n) is 13.7. The first-order chi connectivity index (χ1) is 27.0. The Labute approximate surface area is 326 Å². The highest BCUT2D eigenvalue weighted by Crippen LogP contribution is 2.56. The van der Waals surface area contributed by atoms with Crippen LogP contribution >= 0.6 is 0 Å². The molecule has 1 spiro atoms. The van der Waals surface area contributed by atoms with E-state index in [-0.39, 0.29) is 65.6 Å². The molecular weight excluding hydrogens is 720 g/mol. The molecule has 4 atom stereocenters. The molecule has 56 heavy (non-hydrogen) atoms. The van der Waals surface area contributed by atoms with Gasteiger partial charge in [0.2, 0.25) is 0 Å². The van der Waals surface area contributed by atoms with Gasteiger partial charge < -0.3 is 34.4 Å². The van der Waals surface area contributed by atoms with Crippen molar-refractivity contribution in [1.82, 2.24) is 19.9 Å². The summed E-state index contributed by atoms with van der Waals surface area (Å²) in [6.45, 7) is 6.67. The number of hydrogen-bond donors (Lipinski definition) is 3. The number of halogens is 2. The maximum absolute atomic E-state index is 17.3. The molecule has 3 N–H and O–H groups in total. The van der Waals surface area contributed by atoms with Crippen molar-refractivity contribution in [2.24, 2.45) is 10.8 Å². The lowest BCUT2D eigenvalue weighted by Gasteiger charge is -2.58. The van der Waals surface area contributed by atoms with Gasteiger partial charge in [-0.2, -0.15) is 9.97 Å². The van der Waals surface area contributed by atoms with E-state index in [4.69, 9.17) is 24.2 Å². The lowest BCUT2D eigenvalue weighted by Crippen LogP contribution is -2.61. The molecule has 2 aliphatic carbocycles. The topological polar surface area (TPSA) is 134 Å². The number of aromatic hydroxyl groups is 1. The highest BCUT2D eigenvalue weighted by molar-refractivity contribution is 6.01. The highest BCUT2D eigenvalue weighted by atomic mass is 19.1. The number of ether oxygens (including phenoxy) is 3. The van der Waals surface area contributed by atoms with Gasteiger partial charge in [0.15, 0.2) is 5.82 Å². The molecule has 0 bridgehead atoms. The number of phenolic OH excluding ortho intramolecular Hbond substituents is 1. The van der Waals surface area contributed by atoms with E-state index in [1.165, 1.54) is 37.2 Å². The van der Waals surface area contributed by atoms with Crippen LogP contribution in [0.1, 0.15) is 77.2 Å². The predicted molar refractivity (Wildman–Crippen MR) is 208 cm³/mol. The van der Waals surface area contributed by atoms with E-state index in [2.05, 4.69) is 9.88 Å². The quantitative estimate of drug-likeness (QED) is 0.186. The zero-order valence-corrected chi connectivity index (χ0v) is 32.4. The molecule has 2 saturated carbocycles. The number of fused-ring (bicyclic) bond motifs is 3. The van der Waals surface area contributed by atoms with Crippen LogP contribution in [0.3, 0.4) is 0 Å². The second-order valence-corrected chi connectivity index (χ2v) is 17.6. The minimum absolute atomic E-state index is 0.00491. The average molecular weight is 774 g/mol. The molecule has 0 amide bonds. The Hall–Kier alpha value is -3.75. The minimum Gasteiger partial charge on any atom is -0.508 e. The first-order valence-electron chi connectivity index (χ1n) is 20.5. The molecule has 3 aliphatic heterocycles. The van der Waals surface area contributed by atoms with Gasteiger partial charge >= 0.3 is 6.01 Å². The Kier molecular flexibility index (Phi) is 9.84. The van der Waals surface area contributed by atoms with Crippen LogP contribution in [-0.2, 0) is 15.9 Å². The lowest BCUT2D eigenvalue weighted by atomic mass is 9.60. The van der Waals surface area contributed by atoms with Crippen LogP contribution in [0, 0.1) is 22.5 Å². The van der Waals surface area contributed by atoms with Crippen LogP contribution < -0.4 is 9.64 Å². The molecule has 4 unspecified atom stereocenters. The molecule has 5 heterocycles. The summed E-state index contributed by atoms with van der Waals surface area (Å²) in [5.41, 5.74) is -0.451. The number of rotatable bonds is 8. The van der Waals surface area contributed by atoms with Gasteiger partial charge in [0, 0.05) is 49.0 Å². The van der Waals surface area contributed by atoms with E-state index in [1.807, 2.05) is 6.92 Å². The molecule has 2 aromatic heterocycles. The molecule has 13 heteroatoms. The van der Waals surface area contributed by atoms with Crippen molar-refractivity contribution in [3.63, 3.8) is 0 Å². The van der Waals surface area contributed by atoms with Crippen molar-refractivity contribution in [3.05, 3.63) is 47.7 Å². The molecule has 11 nitrogen and oxygen atoms in total. The maximum Gasteiger partial charge on any atom is 0.319 e. The summed E-state index contributed by atoms with van der Waals surface area (Å²) in [6, 6.07) is 6.84. The standard InChI is InChI=1S/C43H53F2N5O6/c1-3-30-33(44)8-7-26-16-28(52)17-31(35(26)30)37-36(45)38-32(20-46-37)39(49-21-29(22-51)55-24-41(2,53)23-49)48-40(47-38)56-25-43-9-4-6-34(43)50(13-5-10-43)27-18-42(19-27)11-14-54-15-12-42/h7-8,16-17,20,27,29,34,51-53H,3-6,9-15,18-19,21-25H2,1-2H3. The molecule has 2 aromatic carbocycles. The summed E-state index contributed by atoms with van der Waals surface area (Å²) in [5, 5.41) is 33.5. The molecule has 0 radical (unpaired) electrons. The first kappa shape index (κ1) is 37.8. The number of aromatic nitrogens is 3. The largest absolute Gasteiger partial charge is 0.508 e. The number of β-amino-alcohol motifs (C(OH)–C–C–N with tert-alkyl or cyclic N) is 1. The van der Waals surface area contributed by atoms with E-state index in [0.717, 1.165) is 64.7 Å². The van der Waals surface area contributed by atoms with Gasteiger partial charge in [-0.05, 0) is 111 Å². The van der Waals surface area contributed by atoms with Crippen molar-refractivity contribution in [2.45, 2.75) is 102 Å². The fraction of sp³-hybridized carbons (Fsp3) is 0.605. The normalized spacial score (nSPS) is 28.4. The van der Waals surface area contributed by atoms with Gasteiger partial charge in [0.1, 0.15) is 34.2 Å². The van der Waals surface area contributed by atoms with Crippen LogP contribution in [-0.4, -0.2) is 112 Å². The van der Waals surface area contributed by atoms with Crippen molar-refractivity contribution >= 4 is 27.5 Å². The third-order valence-corrected chi connectivity index (χ3v) is 13.7. The summed E-state index contributed by atoms with van der Waals surface area (Å²) in [4.78, 5) is 18.8. The van der Waals surface area contributed by atoms with Gasteiger partial charge in [-0.3, -0.25) is 9.88 Å². The van der Waals surface area contributed by atoms with Gasteiger partial charge in [0.05, 0.1) is 37.9 Å². The smallest absolute Gasteiger partial charge is 0.319 e. The second-order valence-electron chi connectivity index (χ2n) is 17.6. The number of likely N-dealkylation sites (tertiary alicyclic amines) is 1. The second kappa shape index (κ2) is 14.6. The lowest BCUT2D eigenvalue weighted by molar-refractivity contribution is -0.112. The number of aryl methyl sites for hydroxylation is 1. The van der Waals surface area contributed by atoms with Crippen LogP contribution in [0.4, 0.5) is 14.6 Å². The fourth-order valence-electron chi connectivity index (χ4n) is 10.9. The average Bonchev–Trinajstić information content (AvgIpc) is 3.55. The van der Waals surface area contributed by atoms with Gasteiger partial charge in [-0.25, -0.2) is 8.78 Å². The van der Waals surface area contributed by atoms with Crippen LogP contribution in [0.5, 0.6) is 11.8 Å². The molecule has 5 fully saturated rings. The van der Waals surface area contributed by atoms with E-state index >= 15 is 8.78 Å². The number of hydrogen-bond acceptors (Lipinski definition) is 11. The predicted octanol–water partition coefficient (Wildman–Crippen LogP) is 6.31. The molecule has 4 aromatic rings. The molecule has 300 valence electrons. The Morgan fingerprint density at radius 3 is 2.64 bits per heavy atom. The first-order valence-corrected chi connectivity index (χ1v) is 20.5. The number of phenols is 1. The van der Waals surface area contributed by atoms with Crippen molar-refractivity contribution < 1.29 is 38.3 Å². The van der Waals surface area contributed by atoms with Crippen LogP contribution in [0.25, 0.3) is 32.9 Å². The third kappa shape index (κ3) is 6.66. The summed E-state index contributed by atoms with van der Waals surface area (Å²) >= 11 is 0.